The number of nitrogens with zero attached hydrogens (tertiary/aromatic N) is 3. The minimum Gasteiger partial charge on any atom is -0.369 e. The summed E-state index contributed by atoms with van der Waals surface area (Å²) in [6.07, 6.45) is 5.33. The second-order valence-corrected chi connectivity index (χ2v) is 6.67. The van der Waals surface area contributed by atoms with E-state index >= 15 is 0 Å². The molecule has 0 spiro atoms. The molecule has 0 saturated heterocycles. The van der Waals surface area contributed by atoms with Gasteiger partial charge in [0, 0.05) is 6.04 Å². The molecule has 0 amide bonds. The fourth-order valence-corrected chi connectivity index (χ4v) is 3.66. The van der Waals surface area contributed by atoms with Crippen LogP contribution in [0, 0.1) is 17.8 Å². The number of hydrogen-bond donors (Lipinski definition) is 2. The third-order valence-electron chi connectivity index (χ3n) is 4.80. The summed E-state index contributed by atoms with van der Waals surface area (Å²) < 4.78 is 2.07. The summed E-state index contributed by atoms with van der Waals surface area (Å²) in [5.74, 6) is 2.02. The molecular weight excluding hydrogens is 266 g/mol. The maximum atomic E-state index is 11.9. The molecule has 21 heavy (non-hydrogen) atoms. The second kappa shape index (κ2) is 5.16. The third kappa shape index (κ3) is 2.43. The van der Waals surface area contributed by atoms with Crippen LogP contribution in [0.25, 0.3) is 11.2 Å². The van der Waals surface area contributed by atoms with Gasteiger partial charge in [-0.1, -0.05) is 27.2 Å². The first kappa shape index (κ1) is 14.1. The van der Waals surface area contributed by atoms with E-state index in [1.54, 1.807) is 6.33 Å². The number of fused-ring (bicyclic) bond motifs is 1. The summed E-state index contributed by atoms with van der Waals surface area (Å²) in [6.45, 7) is 6.82. The molecule has 6 heteroatoms. The van der Waals surface area contributed by atoms with Crippen molar-refractivity contribution < 1.29 is 0 Å². The number of nitrogen functional groups attached to an aromatic ring is 1. The topological polar surface area (TPSA) is 89.6 Å². The number of aromatic nitrogens is 4. The van der Waals surface area contributed by atoms with Crippen LogP contribution in [0.1, 0.15) is 46.1 Å². The van der Waals surface area contributed by atoms with Gasteiger partial charge in [0.2, 0.25) is 5.95 Å². The highest BCUT2D eigenvalue weighted by atomic mass is 16.1. The number of nitrogens with two attached hydrogens (primary N) is 1. The van der Waals surface area contributed by atoms with Crippen molar-refractivity contribution >= 4 is 17.1 Å². The molecular formula is C15H23N5O. The van der Waals surface area contributed by atoms with Gasteiger partial charge in [0.15, 0.2) is 11.2 Å². The Balaban J connectivity index is 2.11. The smallest absolute Gasteiger partial charge is 0.280 e. The number of imidazole rings is 1. The second-order valence-electron chi connectivity index (χ2n) is 6.67. The first-order chi connectivity index (χ1) is 9.97. The lowest BCUT2D eigenvalue weighted by atomic mass is 9.74. The van der Waals surface area contributed by atoms with Crippen molar-refractivity contribution in [2.75, 3.05) is 5.73 Å². The van der Waals surface area contributed by atoms with Crippen LogP contribution in [-0.2, 0) is 0 Å². The zero-order valence-corrected chi connectivity index (χ0v) is 12.8. The lowest BCUT2D eigenvalue weighted by molar-refractivity contribution is 0.152. The minimum absolute atomic E-state index is 0.152. The minimum atomic E-state index is -0.263. The van der Waals surface area contributed by atoms with Gasteiger partial charge in [-0.2, -0.15) is 4.98 Å². The van der Waals surface area contributed by atoms with Crippen molar-refractivity contribution in [2.45, 2.75) is 46.1 Å². The van der Waals surface area contributed by atoms with E-state index in [0.717, 1.165) is 6.42 Å². The van der Waals surface area contributed by atoms with Gasteiger partial charge in [-0.25, -0.2) is 4.98 Å². The maximum absolute atomic E-state index is 11.9. The fraction of sp³-hybridized carbons (Fsp3) is 0.667. The molecule has 1 aliphatic carbocycles. The number of rotatable bonds is 2. The van der Waals surface area contributed by atoms with Crippen LogP contribution >= 0.6 is 0 Å². The van der Waals surface area contributed by atoms with Gasteiger partial charge in [-0.05, 0) is 30.6 Å². The van der Waals surface area contributed by atoms with E-state index in [9.17, 15) is 4.79 Å². The van der Waals surface area contributed by atoms with Gasteiger partial charge in [-0.3, -0.25) is 9.78 Å². The first-order valence-corrected chi connectivity index (χ1v) is 7.69. The summed E-state index contributed by atoms with van der Waals surface area (Å²) in [5, 5.41) is 0. The van der Waals surface area contributed by atoms with Crippen molar-refractivity contribution in [1.29, 1.82) is 0 Å². The average Bonchev–Trinajstić information content (AvgIpc) is 2.82. The zero-order valence-electron chi connectivity index (χ0n) is 12.8. The highest BCUT2D eigenvalue weighted by Crippen LogP contribution is 2.41. The van der Waals surface area contributed by atoms with Crippen LogP contribution in [0.3, 0.4) is 0 Å². The summed E-state index contributed by atoms with van der Waals surface area (Å²) >= 11 is 0. The fourth-order valence-electron chi connectivity index (χ4n) is 3.66. The van der Waals surface area contributed by atoms with Crippen molar-refractivity contribution in [3.63, 3.8) is 0 Å². The molecule has 0 aromatic carbocycles. The predicted molar refractivity (Wildman–Crippen MR) is 82.9 cm³/mol. The Hall–Kier alpha value is -1.85. The van der Waals surface area contributed by atoms with Crippen molar-refractivity contribution in [1.82, 2.24) is 19.5 Å². The van der Waals surface area contributed by atoms with Gasteiger partial charge in [0.05, 0.1) is 6.33 Å². The molecule has 114 valence electrons. The standard InChI is InChI=1S/C15H23N5O/c1-8(2)10-5-4-9(3)6-11(10)20-7-17-12-13(20)18-15(16)19-14(12)21/h7-11H,4-6H2,1-3H3,(H3,16,18,19,21)/t9-,10+,11-/m1/s1. The SMILES string of the molecule is CC(C)[C@@H]1CC[C@@H](C)C[C@H]1n1cnc2c(=O)[nH]c(N)nc21. The molecule has 2 aromatic rings. The van der Waals surface area contributed by atoms with E-state index in [2.05, 4.69) is 40.3 Å². The maximum Gasteiger partial charge on any atom is 0.280 e. The molecule has 0 unspecified atom stereocenters. The molecule has 2 aromatic heterocycles. The highest BCUT2D eigenvalue weighted by molar-refractivity contribution is 5.70. The Morgan fingerprint density at radius 2 is 2.19 bits per heavy atom. The quantitative estimate of drug-likeness (QED) is 0.888. The number of H-pyrrole nitrogens is 1. The number of anilines is 1. The van der Waals surface area contributed by atoms with Crippen molar-refractivity contribution in [2.24, 2.45) is 17.8 Å². The lowest BCUT2D eigenvalue weighted by Gasteiger charge is -2.38. The van der Waals surface area contributed by atoms with Crippen molar-refractivity contribution in [3.05, 3.63) is 16.7 Å². The molecule has 3 N–H and O–H groups in total. The molecule has 6 nitrogen and oxygen atoms in total. The molecule has 0 radical (unpaired) electrons. The molecule has 2 heterocycles. The number of hydrogen-bond acceptors (Lipinski definition) is 4. The van der Waals surface area contributed by atoms with Gasteiger partial charge >= 0.3 is 0 Å². The molecule has 0 bridgehead atoms. The average molecular weight is 289 g/mol. The normalized spacial score (nSPS) is 26.6. The van der Waals surface area contributed by atoms with E-state index in [4.69, 9.17) is 5.73 Å². The van der Waals surface area contributed by atoms with Crippen LogP contribution in [0.4, 0.5) is 5.95 Å². The Bertz CT molecular complexity index is 702. The van der Waals surface area contributed by atoms with Gasteiger partial charge in [-0.15, -0.1) is 0 Å². The predicted octanol–water partition coefficient (Wildman–Crippen LogP) is 2.34. The molecule has 3 atom stereocenters. The van der Waals surface area contributed by atoms with Crippen LogP contribution in [0.5, 0.6) is 0 Å². The zero-order chi connectivity index (χ0) is 15.1. The lowest BCUT2D eigenvalue weighted by Crippen LogP contribution is -2.30. The Labute approximate surface area is 123 Å². The summed E-state index contributed by atoms with van der Waals surface area (Å²) in [5.41, 5.74) is 6.43. The van der Waals surface area contributed by atoms with Crippen LogP contribution in [-0.4, -0.2) is 19.5 Å². The Morgan fingerprint density at radius 1 is 1.43 bits per heavy atom. The third-order valence-corrected chi connectivity index (χ3v) is 4.80. The van der Waals surface area contributed by atoms with Gasteiger partial charge in [0.25, 0.3) is 5.56 Å². The Kier molecular flexibility index (Phi) is 3.47. The highest BCUT2D eigenvalue weighted by Gasteiger charge is 2.33. The van der Waals surface area contributed by atoms with Gasteiger partial charge < -0.3 is 10.3 Å². The number of nitrogens with one attached hydrogen (secondary N) is 1. The van der Waals surface area contributed by atoms with Crippen LogP contribution in [0.15, 0.2) is 11.1 Å². The van der Waals surface area contributed by atoms with E-state index in [1.807, 2.05) is 0 Å². The molecule has 1 fully saturated rings. The first-order valence-electron chi connectivity index (χ1n) is 7.69. The summed E-state index contributed by atoms with van der Waals surface area (Å²) in [4.78, 5) is 23.0. The van der Waals surface area contributed by atoms with E-state index in [0.29, 0.717) is 35.0 Å². The monoisotopic (exact) mass is 289 g/mol. The Morgan fingerprint density at radius 3 is 2.90 bits per heavy atom. The van der Waals surface area contributed by atoms with E-state index in [-0.39, 0.29) is 11.5 Å². The van der Waals surface area contributed by atoms with E-state index in [1.165, 1.54) is 12.8 Å². The molecule has 3 rings (SSSR count). The number of aromatic amines is 1. The van der Waals surface area contributed by atoms with Gasteiger partial charge in [0.1, 0.15) is 0 Å². The summed E-state index contributed by atoms with van der Waals surface area (Å²) in [6, 6.07) is 0.340. The molecule has 0 aliphatic heterocycles. The van der Waals surface area contributed by atoms with Crippen LogP contribution < -0.4 is 11.3 Å². The van der Waals surface area contributed by atoms with Crippen molar-refractivity contribution in [3.8, 4) is 0 Å². The van der Waals surface area contributed by atoms with E-state index < -0.39 is 0 Å². The largest absolute Gasteiger partial charge is 0.369 e. The van der Waals surface area contributed by atoms with Crippen LogP contribution in [0.2, 0.25) is 0 Å². The molecule has 1 saturated carbocycles. The summed E-state index contributed by atoms with van der Waals surface area (Å²) in [7, 11) is 0. The molecule has 1 aliphatic rings.